The maximum atomic E-state index is 12.2. The summed E-state index contributed by atoms with van der Waals surface area (Å²) in [7, 11) is -3.59. The maximum Gasteiger partial charge on any atom is 0.251 e. The van der Waals surface area contributed by atoms with Gasteiger partial charge in [0, 0.05) is 17.1 Å². The predicted molar refractivity (Wildman–Crippen MR) is 83.7 cm³/mol. The van der Waals surface area contributed by atoms with Gasteiger partial charge in [0.05, 0.1) is 4.90 Å². The first-order chi connectivity index (χ1) is 9.57. The molecule has 0 unspecified atom stereocenters. The van der Waals surface area contributed by atoms with Crippen LogP contribution in [0.15, 0.2) is 29.2 Å². The van der Waals surface area contributed by atoms with Gasteiger partial charge in [-0.1, -0.05) is 13.0 Å². The predicted octanol–water partition coefficient (Wildman–Crippen LogP) is 2.29. The molecule has 1 aromatic rings. The molecule has 118 valence electrons. The van der Waals surface area contributed by atoms with E-state index in [9.17, 15) is 13.2 Å². The highest BCUT2D eigenvalue weighted by Gasteiger charge is 2.21. The van der Waals surface area contributed by atoms with Gasteiger partial charge in [-0.25, -0.2) is 13.1 Å². The fraction of sp³-hybridized carbons (Fsp3) is 0.533. The van der Waals surface area contributed by atoms with Crippen LogP contribution in [-0.2, 0) is 10.0 Å². The monoisotopic (exact) mass is 312 g/mol. The van der Waals surface area contributed by atoms with Crippen LogP contribution < -0.4 is 10.0 Å². The van der Waals surface area contributed by atoms with Crippen molar-refractivity contribution in [3.63, 3.8) is 0 Å². The topological polar surface area (TPSA) is 75.3 Å². The standard InChI is InChI=1S/C15H24N2O3S/c1-6-15(4,5)16-14(18)12-8-7-9-13(10-12)21(19,20)17-11(2)3/h7-11,17H,6H2,1-5H3,(H,16,18). The Labute approximate surface area is 127 Å². The number of benzene rings is 1. The summed E-state index contributed by atoms with van der Waals surface area (Å²) < 4.78 is 26.7. The molecule has 0 aliphatic heterocycles. The van der Waals surface area contributed by atoms with E-state index < -0.39 is 10.0 Å². The Morgan fingerprint density at radius 3 is 2.43 bits per heavy atom. The van der Waals surface area contributed by atoms with Crippen molar-refractivity contribution in [2.75, 3.05) is 0 Å². The van der Waals surface area contributed by atoms with Crippen LogP contribution in [0.5, 0.6) is 0 Å². The summed E-state index contributed by atoms with van der Waals surface area (Å²) in [6, 6.07) is 5.85. The number of carbonyl (C=O) groups is 1. The maximum absolute atomic E-state index is 12.2. The van der Waals surface area contributed by atoms with Gasteiger partial charge in [-0.2, -0.15) is 0 Å². The Hall–Kier alpha value is -1.40. The first kappa shape index (κ1) is 17.7. The van der Waals surface area contributed by atoms with E-state index in [0.717, 1.165) is 6.42 Å². The molecule has 1 rings (SSSR count). The minimum absolute atomic E-state index is 0.0955. The zero-order chi connectivity index (χ0) is 16.3. The summed E-state index contributed by atoms with van der Waals surface area (Å²) >= 11 is 0. The molecule has 5 nitrogen and oxygen atoms in total. The molecule has 0 heterocycles. The van der Waals surface area contributed by atoms with Crippen molar-refractivity contribution >= 4 is 15.9 Å². The second-order valence-electron chi connectivity index (χ2n) is 6.00. The Morgan fingerprint density at radius 2 is 1.90 bits per heavy atom. The fourth-order valence-electron chi connectivity index (χ4n) is 1.65. The molecule has 1 amide bonds. The molecule has 2 N–H and O–H groups in total. The Bertz CT molecular complexity index is 607. The molecule has 1 aromatic carbocycles. The SMILES string of the molecule is CCC(C)(C)NC(=O)c1cccc(S(=O)(=O)NC(C)C)c1. The minimum atomic E-state index is -3.59. The highest BCUT2D eigenvalue weighted by atomic mass is 32.2. The number of hydrogen-bond donors (Lipinski definition) is 2. The van der Waals surface area contributed by atoms with Crippen molar-refractivity contribution < 1.29 is 13.2 Å². The minimum Gasteiger partial charge on any atom is -0.347 e. The van der Waals surface area contributed by atoms with E-state index >= 15 is 0 Å². The van der Waals surface area contributed by atoms with Crippen molar-refractivity contribution in [2.24, 2.45) is 0 Å². The zero-order valence-corrected chi connectivity index (χ0v) is 14.0. The van der Waals surface area contributed by atoms with E-state index in [1.165, 1.54) is 12.1 Å². The molecule has 21 heavy (non-hydrogen) atoms. The molecular weight excluding hydrogens is 288 g/mol. The largest absolute Gasteiger partial charge is 0.347 e. The zero-order valence-electron chi connectivity index (χ0n) is 13.2. The second kappa shape index (κ2) is 6.58. The average Bonchev–Trinajstić information content (AvgIpc) is 2.37. The lowest BCUT2D eigenvalue weighted by atomic mass is 10.0. The van der Waals surface area contributed by atoms with Gasteiger partial charge < -0.3 is 5.32 Å². The quantitative estimate of drug-likeness (QED) is 0.846. The van der Waals surface area contributed by atoms with Gasteiger partial charge in [-0.3, -0.25) is 4.79 Å². The summed E-state index contributed by atoms with van der Waals surface area (Å²) in [5.74, 6) is -0.275. The number of rotatable bonds is 6. The van der Waals surface area contributed by atoms with E-state index in [1.54, 1.807) is 26.0 Å². The van der Waals surface area contributed by atoms with Crippen LogP contribution in [0.4, 0.5) is 0 Å². The smallest absolute Gasteiger partial charge is 0.251 e. The summed E-state index contributed by atoms with van der Waals surface area (Å²) in [4.78, 5) is 12.3. The van der Waals surface area contributed by atoms with Gasteiger partial charge in [-0.05, 0) is 52.3 Å². The lowest BCUT2D eigenvalue weighted by Crippen LogP contribution is -2.42. The number of nitrogens with one attached hydrogen (secondary N) is 2. The van der Waals surface area contributed by atoms with Crippen LogP contribution in [0, 0.1) is 0 Å². The summed E-state index contributed by atoms with van der Waals surface area (Å²) in [6.07, 6.45) is 0.783. The van der Waals surface area contributed by atoms with Gasteiger partial charge in [0.2, 0.25) is 10.0 Å². The third-order valence-electron chi connectivity index (χ3n) is 3.13. The average molecular weight is 312 g/mol. The molecule has 0 radical (unpaired) electrons. The molecule has 0 atom stereocenters. The molecule has 0 aliphatic rings. The van der Waals surface area contributed by atoms with Gasteiger partial charge in [0.1, 0.15) is 0 Å². The third-order valence-corrected chi connectivity index (χ3v) is 4.79. The Morgan fingerprint density at radius 1 is 1.29 bits per heavy atom. The summed E-state index contributed by atoms with van der Waals surface area (Å²) in [6.45, 7) is 9.32. The van der Waals surface area contributed by atoms with E-state index in [2.05, 4.69) is 10.0 Å². The number of hydrogen-bond acceptors (Lipinski definition) is 3. The third kappa shape index (κ3) is 5.13. The molecule has 0 saturated heterocycles. The molecule has 0 aromatic heterocycles. The van der Waals surface area contributed by atoms with Crippen LogP contribution in [0.25, 0.3) is 0 Å². The summed E-state index contributed by atoms with van der Waals surface area (Å²) in [5.41, 5.74) is 0.00505. The molecule has 0 fully saturated rings. The highest BCUT2D eigenvalue weighted by molar-refractivity contribution is 7.89. The first-order valence-corrected chi connectivity index (χ1v) is 8.50. The highest BCUT2D eigenvalue weighted by Crippen LogP contribution is 2.14. The number of sulfonamides is 1. The van der Waals surface area contributed by atoms with Gasteiger partial charge >= 0.3 is 0 Å². The van der Waals surface area contributed by atoms with Crippen LogP contribution in [0.3, 0.4) is 0 Å². The van der Waals surface area contributed by atoms with Crippen LogP contribution in [0.2, 0.25) is 0 Å². The molecule has 0 aliphatic carbocycles. The molecule has 0 saturated carbocycles. The van der Waals surface area contributed by atoms with Gasteiger partial charge in [-0.15, -0.1) is 0 Å². The normalized spacial score (nSPS) is 12.5. The first-order valence-electron chi connectivity index (χ1n) is 7.02. The fourth-order valence-corrected chi connectivity index (χ4v) is 2.95. The van der Waals surface area contributed by atoms with Gasteiger partial charge in [0.25, 0.3) is 5.91 Å². The van der Waals surface area contributed by atoms with Crippen LogP contribution in [-0.4, -0.2) is 25.9 Å². The van der Waals surface area contributed by atoms with Crippen LogP contribution >= 0.6 is 0 Å². The molecule has 0 bridgehead atoms. The van der Waals surface area contributed by atoms with Crippen LogP contribution in [0.1, 0.15) is 51.4 Å². The van der Waals surface area contributed by atoms with Gasteiger partial charge in [0.15, 0.2) is 0 Å². The van der Waals surface area contributed by atoms with Crippen molar-refractivity contribution in [1.29, 1.82) is 0 Å². The van der Waals surface area contributed by atoms with E-state index in [0.29, 0.717) is 5.56 Å². The Kier molecular flexibility index (Phi) is 5.53. The second-order valence-corrected chi connectivity index (χ2v) is 7.71. The van der Waals surface area contributed by atoms with E-state index in [4.69, 9.17) is 0 Å². The number of carbonyl (C=O) groups excluding carboxylic acids is 1. The van der Waals surface area contributed by atoms with E-state index in [-0.39, 0.29) is 22.4 Å². The van der Waals surface area contributed by atoms with Crippen molar-refractivity contribution in [3.05, 3.63) is 29.8 Å². The Balaban J connectivity index is 3.04. The molecule has 0 spiro atoms. The van der Waals surface area contributed by atoms with E-state index in [1.807, 2.05) is 20.8 Å². The summed E-state index contributed by atoms with van der Waals surface area (Å²) in [5, 5.41) is 2.89. The molecule has 6 heteroatoms. The molecular formula is C15H24N2O3S. The number of amides is 1. The van der Waals surface area contributed by atoms with Crippen molar-refractivity contribution in [2.45, 2.75) is 57.5 Å². The van der Waals surface area contributed by atoms with Crippen molar-refractivity contribution in [3.8, 4) is 0 Å². The lowest BCUT2D eigenvalue weighted by molar-refractivity contribution is 0.0911. The van der Waals surface area contributed by atoms with Crippen molar-refractivity contribution in [1.82, 2.24) is 10.0 Å². The lowest BCUT2D eigenvalue weighted by Gasteiger charge is -2.24.